The van der Waals surface area contributed by atoms with Gasteiger partial charge in [-0.2, -0.15) is 0 Å². The standard InChI is InChI=1S/C7H9N3O2/c11-5-2-10(3-5)6-1-7(12)9-4-8-6/h1,4-5,11H,2-3H2,(H,8,9,12). The molecule has 2 heterocycles. The van der Waals surface area contributed by atoms with Gasteiger partial charge in [0.25, 0.3) is 5.56 Å². The first-order valence-electron chi connectivity index (χ1n) is 3.73. The van der Waals surface area contributed by atoms with Gasteiger partial charge in [0.05, 0.1) is 12.4 Å². The Morgan fingerprint density at radius 3 is 3.00 bits per heavy atom. The topological polar surface area (TPSA) is 69.2 Å². The van der Waals surface area contributed by atoms with E-state index in [0.717, 1.165) is 0 Å². The van der Waals surface area contributed by atoms with E-state index in [0.29, 0.717) is 18.9 Å². The van der Waals surface area contributed by atoms with Crippen LogP contribution in [0.3, 0.4) is 0 Å². The molecular weight excluding hydrogens is 158 g/mol. The number of nitrogens with one attached hydrogen (secondary N) is 1. The molecule has 1 aliphatic heterocycles. The van der Waals surface area contributed by atoms with Crippen molar-refractivity contribution >= 4 is 5.82 Å². The third-order valence-corrected chi connectivity index (χ3v) is 1.85. The zero-order chi connectivity index (χ0) is 8.55. The smallest absolute Gasteiger partial charge is 0.252 e. The molecule has 0 bridgehead atoms. The van der Waals surface area contributed by atoms with Crippen molar-refractivity contribution in [3.8, 4) is 0 Å². The van der Waals surface area contributed by atoms with Crippen LogP contribution < -0.4 is 10.5 Å². The van der Waals surface area contributed by atoms with Crippen LogP contribution in [0.15, 0.2) is 17.2 Å². The minimum atomic E-state index is -0.272. The summed E-state index contributed by atoms with van der Waals surface area (Å²) < 4.78 is 0. The highest BCUT2D eigenvalue weighted by Crippen LogP contribution is 2.14. The quantitative estimate of drug-likeness (QED) is 0.560. The molecule has 0 spiro atoms. The van der Waals surface area contributed by atoms with E-state index >= 15 is 0 Å². The van der Waals surface area contributed by atoms with E-state index < -0.39 is 0 Å². The third kappa shape index (κ3) is 1.18. The van der Waals surface area contributed by atoms with Crippen molar-refractivity contribution in [1.82, 2.24) is 9.97 Å². The summed E-state index contributed by atoms with van der Waals surface area (Å²) in [4.78, 5) is 19.1. The number of nitrogens with zero attached hydrogens (tertiary/aromatic N) is 2. The second-order valence-corrected chi connectivity index (χ2v) is 2.83. The van der Waals surface area contributed by atoms with Crippen LogP contribution in [-0.2, 0) is 0 Å². The Hall–Kier alpha value is -1.36. The van der Waals surface area contributed by atoms with Crippen molar-refractivity contribution in [3.63, 3.8) is 0 Å². The molecule has 1 saturated heterocycles. The molecule has 64 valence electrons. The molecule has 5 heteroatoms. The lowest BCUT2D eigenvalue weighted by Crippen LogP contribution is -2.51. The minimum Gasteiger partial charge on any atom is -0.389 e. The molecule has 0 amide bonds. The maximum absolute atomic E-state index is 10.8. The molecule has 5 nitrogen and oxygen atoms in total. The second-order valence-electron chi connectivity index (χ2n) is 2.83. The SMILES string of the molecule is O=c1cc(N2CC(O)C2)nc[nH]1. The van der Waals surface area contributed by atoms with Crippen molar-refractivity contribution in [2.45, 2.75) is 6.10 Å². The first-order chi connectivity index (χ1) is 5.75. The molecular formula is C7H9N3O2. The van der Waals surface area contributed by atoms with Crippen LogP contribution in [0.5, 0.6) is 0 Å². The monoisotopic (exact) mass is 167 g/mol. The number of hydrogen-bond acceptors (Lipinski definition) is 4. The molecule has 12 heavy (non-hydrogen) atoms. The van der Waals surface area contributed by atoms with Gasteiger partial charge in [0.1, 0.15) is 5.82 Å². The van der Waals surface area contributed by atoms with E-state index in [-0.39, 0.29) is 11.7 Å². The van der Waals surface area contributed by atoms with Crippen molar-refractivity contribution in [3.05, 3.63) is 22.7 Å². The average molecular weight is 167 g/mol. The van der Waals surface area contributed by atoms with Gasteiger partial charge in [-0.05, 0) is 0 Å². The van der Waals surface area contributed by atoms with Gasteiger partial charge >= 0.3 is 0 Å². The maximum atomic E-state index is 10.8. The Balaban J connectivity index is 2.19. The van der Waals surface area contributed by atoms with E-state index in [1.807, 2.05) is 4.90 Å². The average Bonchev–Trinajstić information content (AvgIpc) is 1.99. The molecule has 0 aliphatic carbocycles. The van der Waals surface area contributed by atoms with E-state index in [2.05, 4.69) is 9.97 Å². The van der Waals surface area contributed by atoms with Crippen LogP contribution in [-0.4, -0.2) is 34.3 Å². The van der Waals surface area contributed by atoms with Crippen LogP contribution >= 0.6 is 0 Å². The van der Waals surface area contributed by atoms with E-state index in [4.69, 9.17) is 5.11 Å². The largest absolute Gasteiger partial charge is 0.389 e. The zero-order valence-electron chi connectivity index (χ0n) is 6.40. The number of anilines is 1. The lowest BCUT2D eigenvalue weighted by Gasteiger charge is -2.36. The molecule has 1 fully saturated rings. The molecule has 1 aromatic heterocycles. The Kier molecular flexibility index (Phi) is 1.58. The predicted molar refractivity (Wildman–Crippen MR) is 43.1 cm³/mol. The first kappa shape index (κ1) is 7.30. The van der Waals surface area contributed by atoms with Gasteiger partial charge in [0.2, 0.25) is 0 Å². The van der Waals surface area contributed by atoms with Gasteiger partial charge in [-0.25, -0.2) is 4.98 Å². The number of rotatable bonds is 1. The zero-order valence-corrected chi connectivity index (χ0v) is 6.40. The number of aliphatic hydroxyl groups excluding tert-OH is 1. The fourth-order valence-corrected chi connectivity index (χ4v) is 1.17. The van der Waals surface area contributed by atoms with E-state index in [1.54, 1.807) is 0 Å². The highest BCUT2D eigenvalue weighted by atomic mass is 16.3. The summed E-state index contributed by atoms with van der Waals surface area (Å²) in [5.41, 5.74) is -0.165. The number of hydrogen-bond donors (Lipinski definition) is 2. The first-order valence-corrected chi connectivity index (χ1v) is 3.73. The van der Waals surface area contributed by atoms with E-state index in [9.17, 15) is 4.79 Å². The number of aromatic nitrogens is 2. The fraction of sp³-hybridized carbons (Fsp3) is 0.429. The second kappa shape index (κ2) is 2.60. The molecule has 0 aromatic carbocycles. The Labute approximate surface area is 68.7 Å². The summed E-state index contributed by atoms with van der Waals surface area (Å²) in [6, 6.07) is 1.42. The molecule has 0 atom stereocenters. The summed E-state index contributed by atoms with van der Waals surface area (Å²) in [6.45, 7) is 1.13. The van der Waals surface area contributed by atoms with Crippen molar-refractivity contribution in [2.24, 2.45) is 0 Å². The van der Waals surface area contributed by atoms with Gasteiger partial charge in [0.15, 0.2) is 0 Å². The van der Waals surface area contributed by atoms with Gasteiger partial charge in [-0.3, -0.25) is 4.79 Å². The summed E-state index contributed by atoms with van der Waals surface area (Å²) in [7, 11) is 0. The Morgan fingerprint density at radius 1 is 1.67 bits per heavy atom. The van der Waals surface area contributed by atoms with Crippen molar-refractivity contribution in [1.29, 1.82) is 0 Å². The summed E-state index contributed by atoms with van der Waals surface area (Å²) in [5, 5.41) is 8.99. The lowest BCUT2D eigenvalue weighted by molar-refractivity contribution is 0.141. The van der Waals surface area contributed by atoms with Gasteiger partial charge in [-0.15, -0.1) is 0 Å². The van der Waals surface area contributed by atoms with Gasteiger partial charge < -0.3 is 15.0 Å². The highest BCUT2D eigenvalue weighted by molar-refractivity contribution is 5.40. The fourth-order valence-electron chi connectivity index (χ4n) is 1.17. The lowest BCUT2D eigenvalue weighted by atomic mass is 10.2. The highest BCUT2D eigenvalue weighted by Gasteiger charge is 2.25. The third-order valence-electron chi connectivity index (χ3n) is 1.85. The van der Waals surface area contributed by atoms with Crippen LogP contribution in [0.4, 0.5) is 5.82 Å². The number of β-amino-alcohol motifs (C(OH)–C–C–N with tert-alkyl or cyclic N) is 1. The predicted octanol–water partition coefficient (Wildman–Crippen LogP) is -1.05. The molecule has 2 N–H and O–H groups in total. The number of aliphatic hydroxyl groups is 1. The Morgan fingerprint density at radius 2 is 2.42 bits per heavy atom. The normalized spacial score (nSPS) is 17.6. The molecule has 2 rings (SSSR count). The summed E-state index contributed by atoms with van der Waals surface area (Å²) in [5.74, 6) is 0.629. The van der Waals surface area contributed by atoms with Crippen molar-refractivity contribution < 1.29 is 5.11 Å². The number of H-pyrrole nitrogens is 1. The molecule has 0 radical (unpaired) electrons. The number of aromatic amines is 1. The summed E-state index contributed by atoms with van der Waals surface area (Å²) in [6.07, 6.45) is 1.09. The van der Waals surface area contributed by atoms with Crippen LogP contribution in [0, 0.1) is 0 Å². The molecule has 0 saturated carbocycles. The van der Waals surface area contributed by atoms with Crippen LogP contribution in [0.2, 0.25) is 0 Å². The van der Waals surface area contributed by atoms with Crippen molar-refractivity contribution in [2.75, 3.05) is 18.0 Å². The molecule has 1 aromatic rings. The molecule has 1 aliphatic rings. The van der Waals surface area contributed by atoms with Crippen LogP contribution in [0.25, 0.3) is 0 Å². The maximum Gasteiger partial charge on any atom is 0.252 e. The van der Waals surface area contributed by atoms with Gasteiger partial charge in [0, 0.05) is 19.2 Å². The Bertz CT molecular complexity index is 329. The van der Waals surface area contributed by atoms with Crippen LogP contribution in [0.1, 0.15) is 0 Å². The molecule has 0 unspecified atom stereocenters. The minimum absolute atomic E-state index is 0.165. The van der Waals surface area contributed by atoms with Gasteiger partial charge in [-0.1, -0.05) is 0 Å². The van der Waals surface area contributed by atoms with E-state index in [1.165, 1.54) is 12.4 Å². The summed E-state index contributed by atoms with van der Waals surface area (Å²) >= 11 is 0.